The van der Waals surface area contributed by atoms with Crippen LogP contribution < -0.4 is 0 Å². The molecule has 2 heteroatoms. The molecule has 0 aromatic carbocycles. The molecule has 1 heterocycles. The van der Waals surface area contributed by atoms with Crippen LogP contribution in [0.3, 0.4) is 0 Å². The normalized spacial score (nSPS) is 43.0. The minimum Gasteiger partial charge on any atom is -0.380 e. The first-order valence-electron chi connectivity index (χ1n) is 4.34. The summed E-state index contributed by atoms with van der Waals surface area (Å²) in [7, 11) is 0. The first-order valence-corrected chi connectivity index (χ1v) is 4.34. The van der Waals surface area contributed by atoms with E-state index in [0.29, 0.717) is 12.5 Å². The summed E-state index contributed by atoms with van der Waals surface area (Å²) in [5.74, 6) is 0.678. The quantitative estimate of drug-likeness (QED) is 0.528. The smallest absolute Gasteiger partial charge is 0.0810 e. The first-order chi connectivity index (χ1) is 5.35. The fraction of sp³-hybridized carbons (Fsp3) is 0.889. The number of hydrogen-bond donors (Lipinski definition) is 0. The van der Waals surface area contributed by atoms with Gasteiger partial charge in [-0.2, -0.15) is 5.26 Å². The van der Waals surface area contributed by atoms with Crippen molar-refractivity contribution in [1.82, 2.24) is 0 Å². The highest BCUT2D eigenvalue weighted by atomic mass is 16.5. The Morgan fingerprint density at radius 1 is 1.55 bits per heavy atom. The molecule has 60 valence electrons. The molecular formula is C9H13NO. The Kier molecular flexibility index (Phi) is 1.61. The molecule has 1 aliphatic heterocycles. The molecule has 2 bridgehead atoms. The van der Waals surface area contributed by atoms with E-state index in [4.69, 9.17) is 10.00 Å². The van der Waals surface area contributed by atoms with Gasteiger partial charge in [0.1, 0.15) is 0 Å². The van der Waals surface area contributed by atoms with Crippen LogP contribution in [-0.2, 0) is 4.74 Å². The minimum atomic E-state index is -0.0961. The van der Waals surface area contributed by atoms with E-state index in [1.807, 2.05) is 0 Å². The van der Waals surface area contributed by atoms with Gasteiger partial charge >= 0.3 is 0 Å². The molecular weight excluding hydrogens is 138 g/mol. The summed E-state index contributed by atoms with van der Waals surface area (Å²) in [5.41, 5.74) is -0.0961. The van der Waals surface area contributed by atoms with E-state index in [1.54, 1.807) is 0 Å². The van der Waals surface area contributed by atoms with E-state index in [0.717, 1.165) is 19.4 Å². The van der Waals surface area contributed by atoms with Crippen LogP contribution >= 0.6 is 0 Å². The van der Waals surface area contributed by atoms with Gasteiger partial charge < -0.3 is 4.74 Å². The highest BCUT2D eigenvalue weighted by Crippen LogP contribution is 2.42. The maximum Gasteiger partial charge on any atom is 0.0810 e. The number of rotatable bonds is 0. The zero-order valence-corrected chi connectivity index (χ0v) is 6.68. The van der Waals surface area contributed by atoms with E-state index in [1.165, 1.54) is 12.8 Å². The second kappa shape index (κ2) is 2.49. The molecule has 2 unspecified atom stereocenters. The van der Waals surface area contributed by atoms with Crippen molar-refractivity contribution in [2.75, 3.05) is 13.2 Å². The van der Waals surface area contributed by atoms with Crippen LogP contribution in [-0.4, -0.2) is 13.2 Å². The van der Waals surface area contributed by atoms with Gasteiger partial charge in [0.2, 0.25) is 0 Å². The van der Waals surface area contributed by atoms with Gasteiger partial charge in [-0.05, 0) is 25.2 Å². The van der Waals surface area contributed by atoms with Gasteiger partial charge in [0.25, 0.3) is 0 Å². The van der Waals surface area contributed by atoms with E-state index < -0.39 is 0 Å². The van der Waals surface area contributed by atoms with Crippen LogP contribution in [0.4, 0.5) is 0 Å². The van der Waals surface area contributed by atoms with Gasteiger partial charge in [0.05, 0.1) is 18.1 Å². The van der Waals surface area contributed by atoms with Crippen molar-refractivity contribution in [2.24, 2.45) is 11.3 Å². The fourth-order valence-electron chi connectivity index (χ4n) is 2.31. The van der Waals surface area contributed by atoms with E-state index >= 15 is 0 Å². The Morgan fingerprint density at radius 2 is 2.45 bits per heavy atom. The van der Waals surface area contributed by atoms with Crippen molar-refractivity contribution in [3.8, 4) is 6.07 Å². The van der Waals surface area contributed by atoms with Gasteiger partial charge in [-0.15, -0.1) is 0 Å². The van der Waals surface area contributed by atoms with Crippen molar-refractivity contribution < 1.29 is 4.74 Å². The molecule has 1 aliphatic carbocycles. The van der Waals surface area contributed by atoms with Gasteiger partial charge in [-0.1, -0.05) is 6.42 Å². The summed E-state index contributed by atoms with van der Waals surface area (Å²) in [6.45, 7) is 1.57. The summed E-state index contributed by atoms with van der Waals surface area (Å²) in [4.78, 5) is 0. The Balaban J connectivity index is 2.15. The average molecular weight is 151 g/mol. The average Bonchev–Trinajstić information content (AvgIpc) is 2.05. The molecule has 0 spiro atoms. The van der Waals surface area contributed by atoms with E-state index in [2.05, 4.69) is 6.07 Å². The van der Waals surface area contributed by atoms with E-state index in [-0.39, 0.29) is 5.41 Å². The van der Waals surface area contributed by atoms with Crippen LogP contribution in [0.1, 0.15) is 25.7 Å². The molecule has 0 aromatic heterocycles. The van der Waals surface area contributed by atoms with Crippen LogP contribution in [0.2, 0.25) is 0 Å². The molecule has 2 atom stereocenters. The molecule has 2 aliphatic rings. The molecule has 2 nitrogen and oxygen atoms in total. The Labute approximate surface area is 67.2 Å². The number of fused-ring (bicyclic) bond motifs is 2. The lowest BCUT2D eigenvalue weighted by Crippen LogP contribution is -2.38. The maximum absolute atomic E-state index is 8.96. The SMILES string of the molecule is N#CC12CCCC(COC1)C2. The summed E-state index contributed by atoms with van der Waals surface area (Å²) < 4.78 is 5.41. The standard InChI is InChI=1S/C9H13NO/c10-6-9-3-1-2-8(4-9)5-11-7-9/h8H,1-5,7H2. The molecule has 0 radical (unpaired) electrons. The molecule has 1 saturated heterocycles. The van der Waals surface area contributed by atoms with Crippen molar-refractivity contribution >= 4 is 0 Å². The highest BCUT2D eigenvalue weighted by molar-refractivity contribution is 5.03. The third kappa shape index (κ3) is 1.14. The molecule has 0 N–H and O–H groups in total. The van der Waals surface area contributed by atoms with Crippen molar-refractivity contribution in [3.05, 3.63) is 0 Å². The summed E-state index contributed by atoms with van der Waals surface area (Å²) in [6.07, 6.45) is 4.63. The minimum absolute atomic E-state index is 0.0961. The molecule has 11 heavy (non-hydrogen) atoms. The van der Waals surface area contributed by atoms with Crippen molar-refractivity contribution in [2.45, 2.75) is 25.7 Å². The molecule has 1 saturated carbocycles. The van der Waals surface area contributed by atoms with Crippen LogP contribution in [0, 0.1) is 22.7 Å². The molecule has 0 aromatic rings. The number of ether oxygens (including phenoxy) is 1. The van der Waals surface area contributed by atoms with Crippen LogP contribution in [0.25, 0.3) is 0 Å². The van der Waals surface area contributed by atoms with Crippen LogP contribution in [0.15, 0.2) is 0 Å². The zero-order valence-electron chi connectivity index (χ0n) is 6.68. The molecule has 2 fully saturated rings. The fourth-order valence-corrected chi connectivity index (χ4v) is 2.31. The van der Waals surface area contributed by atoms with Gasteiger partial charge in [-0.3, -0.25) is 0 Å². The zero-order chi connectivity index (χ0) is 7.73. The Hall–Kier alpha value is -0.550. The van der Waals surface area contributed by atoms with Gasteiger partial charge in [0.15, 0.2) is 0 Å². The monoisotopic (exact) mass is 151 g/mol. The number of hydrogen-bond acceptors (Lipinski definition) is 2. The molecule has 0 amide bonds. The van der Waals surface area contributed by atoms with Crippen molar-refractivity contribution in [3.63, 3.8) is 0 Å². The van der Waals surface area contributed by atoms with Gasteiger partial charge in [-0.25, -0.2) is 0 Å². The lowest BCUT2D eigenvalue weighted by molar-refractivity contribution is -0.0419. The van der Waals surface area contributed by atoms with Crippen molar-refractivity contribution in [1.29, 1.82) is 5.26 Å². The Bertz CT molecular complexity index is 184. The lowest BCUT2D eigenvalue weighted by Gasteiger charge is -2.39. The lowest BCUT2D eigenvalue weighted by atomic mass is 9.70. The largest absolute Gasteiger partial charge is 0.380 e. The predicted octanol–water partition coefficient (Wildman–Crippen LogP) is 1.72. The highest BCUT2D eigenvalue weighted by Gasteiger charge is 2.40. The third-order valence-corrected chi connectivity index (χ3v) is 2.92. The van der Waals surface area contributed by atoms with Crippen LogP contribution in [0.5, 0.6) is 0 Å². The summed E-state index contributed by atoms with van der Waals surface area (Å²) in [6, 6.07) is 2.42. The second-order valence-corrected chi connectivity index (χ2v) is 3.87. The topological polar surface area (TPSA) is 33.0 Å². The summed E-state index contributed by atoms with van der Waals surface area (Å²) in [5, 5.41) is 8.96. The number of nitrogens with zero attached hydrogens (tertiary/aromatic N) is 1. The molecule has 2 rings (SSSR count). The third-order valence-electron chi connectivity index (χ3n) is 2.92. The maximum atomic E-state index is 8.96. The second-order valence-electron chi connectivity index (χ2n) is 3.87. The number of nitriles is 1. The van der Waals surface area contributed by atoms with Gasteiger partial charge in [0, 0.05) is 6.61 Å². The summed E-state index contributed by atoms with van der Waals surface area (Å²) >= 11 is 0. The van der Waals surface area contributed by atoms with E-state index in [9.17, 15) is 0 Å². The first kappa shape index (κ1) is 7.12. The predicted molar refractivity (Wildman–Crippen MR) is 40.8 cm³/mol. The Morgan fingerprint density at radius 3 is 3.18 bits per heavy atom.